The number of urea groups is 1. The zero-order valence-electron chi connectivity index (χ0n) is 18.1. The van der Waals surface area contributed by atoms with E-state index in [1.54, 1.807) is 4.90 Å². The van der Waals surface area contributed by atoms with Gasteiger partial charge in [-0.15, -0.1) is 0 Å². The van der Waals surface area contributed by atoms with Gasteiger partial charge in [-0.25, -0.2) is 19.2 Å². The number of carbonyl (C=O) groups excluding carboxylic acids is 1. The van der Waals surface area contributed by atoms with Crippen LogP contribution in [0.2, 0.25) is 5.02 Å². The Hall–Kier alpha value is -2.29. The monoisotopic (exact) mass is 462 g/mol. The third kappa shape index (κ3) is 5.36. The van der Waals surface area contributed by atoms with Crippen LogP contribution in [0.5, 0.6) is 0 Å². The van der Waals surface area contributed by atoms with Crippen LogP contribution in [0.25, 0.3) is 0 Å². The second kappa shape index (κ2) is 10.1. The number of rotatable bonds is 5. The van der Waals surface area contributed by atoms with Crippen molar-refractivity contribution in [3.8, 4) is 0 Å². The molecule has 1 fully saturated rings. The zero-order chi connectivity index (χ0) is 22.7. The highest BCUT2D eigenvalue weighted by Gasteiger charge is 2.26. The summed E-state index contributed by atoms with van der Waals surface area (Å²) in [7, 11) is 0. The van der Waals surface area contributed by atoms with E-state index in [0.717, 1.165) is 43.0 Å². The Morgan fingerprint density at radius 1 is 1.47 bits per heavy atom. The first-order valence-electron chi connectivity index (χ1n) is 11.0. The number of aliphatic hydroxyl groups is 1. The molecule has 172 valence electrons. The van der Waals surface area contributed by atoms with Gasteiger partial charge in [-0.1, -0.05) is 17.7 Å². The van der Waals surface area contributed by atoms with E-state index < -0.39 is 11.9 Å². The molecule has 7 nitrogen and oxygen atoms in total. The van der Waals surface area contributed by atoms with Gasteiger partial charge in [0.2, 0.25) is 0 Å². The molecular weight excluding hydrogens is 435 g/mol. The highest BCUT2D eigenvalue weighted by atomic mass is 35.5. The summed E-state index contributed by atoms with van der Waals surface area (Å²) in [6, 6.07) is 3.15. The molecule has 3 heterocycles. The second-order valence-corrected chi connectivity index (χ2v) is 8.97. The maximum Gasteiger partial charge on any atom is 0.318 e. The van der Waals surface area contributed by atoms with Gasteiger partial charge in [0, 0.05) is 25.8 Å². The summed E-state index contributed by atoms with van der Waals surface area (Å²) in [6.45, 7) is 3.45. The van der Waals surface area contributed by atoms with E-state index >= 15 is 0 Å². The molecule has 2 aromatic rings. The summed E-state index contributed by atoms with van der Waals surface area (Å²) in [6.07, 6.45) is 5.64. The van der Waals surface area contributed by atoms with E-state index in [1.807, 2.05) is 6.20 Å². The number of aliphatic hydroxyl groups excluding tert-OH is 1. The lowest BCUT2D eigenvalue weighted by atomic mass is 9.92. The summed E-state index contributed by atoms with van der Waals surface area (Å²) >= 11 is 5.85. The van der Waals surface area contributed by atoms with Crippen molar-refractivity contribution in [2.45, 2.75) is 51.3 Å². The first kappa shape index (κ1) is 22.9. The van der Waals surface area contributed by atoms with Crippen molar-refractivity contribution in [3.63, 3.8) is 0 Å². The van der Waals surface area contributed by atoms with E-state index in [2.05, 4.69) is 17.2 Å². The molecule has 0 radical (unpaired) electrons. The van der Waals surface area contributed by atoms with Crippen LogP contribution >= 0.6 is 11.6 Å². The van der Waals surface area contributed by atoms with Gasteiger partial charge in [0.1, 0.15) is 11.6 Å². The molecule has 1 aromatic heterocycles. The summed E-state index contributed by atoms with van der Waals surface area (Å²) in [5, 5.41) is 12.5. The minimum atomic E-state index is -0.682. The molecule has 1 saturated heterocycles. The minimum absolute atomic E-state index is 0.0507. The van der Waals surface area contributed by atoms with Gasteiger partial charge in [0.15, 0.2) is 0 Å². The smallest absolute Gasteiger partial charge is 0.318 e. The Balaban J connectivity index is 1.41. The number of ether oxygens (including phenoxy) is 1. The zero-order valence-corrected chi connectivity index (χ0v) is 18.8. The van der Waals surface area contributed by atoms with Gasteiger partial charge in [-0.3, -0.25) is 0 Å². The van der Waals surface area contributed by atoms with Crippen molar-refractivity contribution in [3.05, 3.63) is 57.9 Å². The maximum atomic E-state index is 13.5. The number of nitrogens with one attached hydrogen (secondary N) is 1. The predicted octanol–water partition coefficient (Wildman–Crippen LogP) is 3.43. The number of halogens is 2. The fourth-order valence-electron chi connectivity index (χ4n) is 4.35. The van der Waals surface area contributed by atoms with Crippen molar-refractivity contribution >= 4 is 17.6 Å². The SMILES string of the molecule is CC1CC(Cc2ncc3c(n2)CN(C(=O)N[C@H](CO)c2ccc(F)c(Cl)c2)CC3)CCO1. The number of hydrogen-bond donors (Lipinski definition) is 2. The number of aromatic nitrogens is 2. The van der Waals surface area contributed by atoms with Crippen molar-refractivity contribution in [2.75, 3.05) is 19.8 Å². The molecule has 2 aliphatic rings. The van der Waals surface area contributed by atoms with Crippen LogP contribution in [0, 0.1) is 11.7 Å². The first-order chi connectivity index (χ1) is 15.4. The van der Waals surface area contributed by atoms with Crippen molar-refractivity contribution in [1.29, 1.82) is 0 Å². The van der Waals surface area contributed by atoms with Gasteiger partial charge in [0.05, 0.1) is 36.0 Å². The van der Waals surface area contributed by atoms with Crippen LogP contribution in [0.15, 0.2) is 24.4 Å². The molecule has 0 aliphatic carbocycles. The van der Waals surface area contributed by atoms with Crippen LogP contribution in [0.1, 0.15) is 48.5 Å². The highest BCUT2D eigenvalue weighted by molar-refractivity contribution is 6.30. The topological polar surface area (TPSA) is 87.6 Å². The van der Waals surface area contributed by atoms with Crippen molar-refractivity contribution in [1.82, 2.24) is 20.2 Å². The minimum Gasteiger partial charge on any atom is -0.394 e. The average Bonchev–Trinajstić information content (AvgIpc) is 2.78. The van der Waals surface area contributed by atoms with Crippen LogP contribution in [0.4, 0.5) is 9.18 Å². The summed E-state index contributed by atoms with van der Waals surface area (Å²) in [5.74, 6) is 0.767. The lowest BCUT2D eigenvalue weighted by Gasteiger charge is -2.30. The second-order valence-electron chi connectivity index (χ2n) is 8.56. The van der Waals surface area contributed by atoms with Gasteiger partial charge in [-0.2, -0.15) is 0 Å². The Labute approximate surface area is 192 Å². The fraction of sp³-hybridized carbons (Fsp3) is 0.522. The Morgan fingerprint density at radius 2 is 2.31 bits per heavy atom. The summed E-state index contributed by atoms with van der Waals surface area (Å²) < 4.78 is 19.1. The number of carbonyl (C=O) groups is 1. The van der Waals surface area contributed by atoms with Gasteiger partial charge < -0.3 is 20.1 Å². The predicted molar refractivity (Wildman–Crippen MR) is 118 cm³/mol. The summed E-state index contributed by atoms with van der Waals surface area (Å²) in [4.78, 5) is 23.9. The molecule has 32 heavy (non-hydrogen) atoms. The number of nitrogens with zero attached hydrogens (tertiary/aromatic N) is 3. The number of benzene rings is 1. The number of fused-ring (bicyclic) bond motifs is 1. The van der Waals surface area contributed by atoms with E-state index in [9.17, 15) is 14.3 Å². The molecule has 2 unspecified atom stereocenters. The van der Waals surface area contributed by atoms with Crippen LogP contribution in [0.3, 0.4) is 0 Å². The molecule has 0 spiro atoms. The lowest BCUT2D eigenvalue weighted by molar-refractivity contribution is 0.00242. The van der Waals surface area contributed by atoms with E-state index in [0.29, 0.717) is 31.0 Å². The van der Waals surface area contributed by atoms with Crippen molar-refractivity contribution in [2.24, 2.45) is 5.92 Å². The van der Waals surface area contributed by atoms with Gasteiger partial charge in [-0.05, 0) is 55.4 Å². The molecule has 2 amide bonds. The Bertz CT molecular complexity index is 976. The Kier molecular flexibility index (Phi) is 7.23. The molecule has 2 aliphatic heterocycles. The van der Waals surface area contributed by atoms with E-state index in [4.69, 9.17) is 21.3 Å². The molecule has 1 aromatic carbocycles. The van der Waals surface area contributed by atoms with Crippen LogP contribution in [-0.2, 0) is 24.1 Å². The van der Waals surface area contributed by atoms with Gasteiger partial charge >= 0.3 is 6.03 Å². The fourth-order valence-corrected chi connectivity index (χ4v) is 4.54. The summed E-state index contributed by atoms with van der Waals surface area (Å²) in [5.41, 5.74) is 2.46. The van der Waals surface area contributed by atoms with E-state index in [-0.39, 0.29) is 23.8 Å². The lowest BCUT2D eigenvalue weighted by Crippen LogP contribution is -2.45. The molecule has 3 atom stereocenters. The first-order valence-corrected chi connectivity index (χ1v) is 11.4. The molecule has 9 heteroatoms. The standard InChI is InChI=1S/C23H28ClFN4O3/c1-14-8-15(5-7-32-14)9-22-26-11-17-4-6-29(12-20(17)27-22)23(31)28-21(13-30)16-2-3-19(25)18(24)10-16/h2-3,10-11,14-15,21,30H,4-9,12-13H2,1H3,(H,28,31)/t14?,15?,21-/m1/s1. The quantitative estimate of drug-likeness (QED) is 0.710. The van der Waals surface area contributed by atoms with E-state index in [1.165, 1.54) is 18.2 Å². The maximum absolute atomic E-state index is 13.5. The molecule has 2 N–H and O–H groups in total. The number of hydrogen-bond acceptors (Lipinski definition) is 5. The third-order valence-corrected chi connectivity index (χ3v) is 6.46. The van der Waals surface area contributed by atoms with Crippen molar-refractivity contribution < 1.29 is 19.0 Å². The van der Waals surface area contributed by atoms with Gasteiger partial charge in [0.25, 0.3) is 0 Å². The molecule has 0 saturated carbocycles. The third-order valence-electron chi connectivity index (χ3n) is 6.17. The molecule has 0 bridgehead atoms. The largest absolute Gasteiger partial charge is 0.394 e. The van der Waals surface area contributed by atoms with Crippen LogP contribution in [-0.4, -0.2) is 51.9 Å². The molecule has 4 rings (SSSR count). The highest BCUT2D eigenvalue weighted by Crippen LogP contribution is 2.25. The average molecular weight is 463 g/mol. The number of amides is 2. The Morgan fingerprint density at radius 3 is 3.06 bits per heavy atom. The van der Waals surface area contributed by atoms with Crippen LogP contribution < -0.4 is 5.32 Å². The normalized spacial score (nSPS) is 21.7. The molecular formula is C23H28ClFN4O3.